The second kappa shape index (κ2) is 10.6. The van der Waals surface area contributed by atoms with Crippen molar-refractivity contribution >= 4 is 45.9 Å². The molecule has 0 amide bonds. The van der Waals surface area contributed by atoms with Gasteiger partial charge in [-0.25, -0.2) is 0 Å². The summed E-state index contributed by atoms with van der Waals surface area (Å²) >= 11 is 3.48. The molecule has 8 heteroatoms. The van der Waals surface area contributed by atoms with Crippen molar-refractivity contribution in [3.63, 3.8) is 0 Å². The summed E-state index contributed by atoms with van der Waals surface area (Å²) in [4.78, 5) is 4.74. The molecule has 6 nitrogen and oxygen atoms in total. The minimum Gasteiger partial charge on any atom is -0.383 e. The van der Waals surface area contributed by atoms with Crippen molar-refractivity contribution < 1.29 is 5.11 Å². The molecule has 1 atom stereocenters. The van der Waals surface area contributed by atoms with Crippen LogP contribution in [0, 0.1) is 0 Å². The normalized spacial score (nSPS) is 14.2. The minimum absolute atomic E-state index is 0. The zero-order valence-electron chi connectivity index (χ0n) is 17.2. The van der Waals surface area contributed by atoms with Gasteiger partial charge in [-0.2, -0.15) is 5.10 Å². The van der Waals surface area contributed by atoms with Gasteiger partial charge in [0.2, 0.25) is 0 Å². The number of benzene rings is 1. The van der Waals surface area contributed by atoms with Crippen molar-refractivity contribution in [1.82, 2.24) is 20.4 Å². The van der Waals surface area contributed by atoms with E-state index < -0.39 is 5.60 Å². The van der Waals surface area contributed by atoms with Crippen molar-refractivity contribution in [3.05, 3.63) is 52.3 Å². The van der Waals surface area contributed by atoms with Gasteiger partial charge in [-0.15, -0.1) is 24.0 Å². The molecular weight excluding hydrogens is 533 g/mol. The van der Waals surface area contributed by atoms with Crippen molar-refractivity contribution in [2.75, 3.05) is 19.6 Å². The van der Waals surface area contributed by atoms with Gasteiger partial charge in [0, 0.05) is 35.2 Å². The highest BCUT2D eigenvalue weighted by Gasteiger charge is 2.25. The first-order valence-electron chi connectivity index (χ1n) is 9.14. The number of halogens is 2. The van der Waals surface area contributed by atoms with E-state index in [-0.39, 0.29) is 29.4 Å². The molecule has 0 bridgehead atoms. The lowest BCUT2D eigenvalue weighted by Gasteiger charge is -2.26. The molecule has 0 saturated heterocycles. The van der Waals surface area contributed by atoms with Gasteiger partial charge in [-0.05, 0) is 31.5 Å². The maximum atomic E-state index is 10.7. The predicted octanol–water partition coefficient (Wildman–Crippen LogP) is 3.54. The van der Waals surface area contributed by atoms with Gasteiger partial charge in [-0.1, -0.05) is 41.9 Å². The van der Waals surface area contributed by atoms with Crippen LogP contribution in [0.15, 0.2) is 46.1 Å². The summed E-state index contributed by atoms with van der Waals surface area (Å²) in [5, 5.41) is 21.4. The van der Waals surface area contributed by atoms with E-state index in [1.165, 1.54) is 5.56 Å². The van der Waals surface area contributed by atoms with E-state index in [1.54, 1.807) is 17.8 Å². The van der Waals surface area contributed by atoms with Crippen LogP contribution in [0.4, 0.5) is 0 Å². The number of aliphatic hydroxyl groups is 1. The van der Waals surface area contributed by atoms with Gasteiger partial charge < -0.3 is 15.7 Å². The molecule has 0 spiro atoms. The van der Waals surface area contributed by atoms with Crippen LogP contribution in [0.3, 0.4) is 0 Å². The van der Waals surface area contributed by atoms with Crippen LogP contribution < -0.4 is 10.6 Å². The fraction of sp³-hybridized carbons (Fsp3) is 0.500. The first-order valence-corrected chi connectivity index (χ1v) is 9.93. The number of nitrogens with zero attached hydrogens (tertiary/aromatic N) is 3. The molecular formula is C20H31BrIN5O. The third-order valence-corrected chi connectivity index (χ3v) is 5.06. The van der Waals surface area contributed by atoms with Gasteiger partial charge in [0.25, 0.3) is 0 Å². The van der Waals surface area contributed by atoms with Crippen molar-refractivity contribution in [3.8, 4) is 0 Å². The predicted molar refractivity (Wildman–Crippen MR) is 129 cm³/mol. The lowest BCUT2D eigenvalue weighted by molar-refractivity contribution is 0.0616. The molecule has 1 aromatic carbocycles. The van der Waals surface area contributed by atoms with Crippen LogP contribution in [0.1, 0.15) is 38.8 Å². The molecule has 0 saturated carbocycles. The van der Waals surface area contributed by atoms with Crippen molar-refractivity contribution in [1.29, 1.82) is 0 Å². The molecule has 3 N–H and O–H groups in total. The lowest BCUT2D eigenvalue weighted by atomic mass is 9.85. The van der Waals surface area contributed by atoms with Gasteiger partial charge >= 0.3 is 0 Å². The largest absolute Gasteiger partial charge is 0.383 e. The van der Waals surface area contributed by atoms with E-state index in [9.17, 15) is 5.11 Å². The molecule has 0 aliphatic rings. The average Bonchev–Trinajstić information content (AvgIpc) is 3.05. The molecule has 1 heterocycles. The molecule has 28 heavy (non-hydrogen) atoms. The number of aliphatic imine (C=N–C) groups is 1. The topological polar surface area (TPSA) is 74.5 Å². The summed E-state index contributed by atoms with van der Waals surface area (Å²) in [7, 11) is 1.84. The maximum absolute atomic E-state index is 10.7. The molecule has 1 aromatic heterocycles. The lowest BCUT2D eigenvalue weighted by Crippen LogP contribution is -2.45. The Kier molecular flexibility index (Phi) is 9.42. The van der Waals surface area contributed by atoms with Gasteiger partial charge in [0.05, 0.1) is 19.3 Å². The smallest absolute Gasteiger partial charge is 0.191 e. The first kappa shape index (κ1) is 24.9. The Morgan fingerprint density at radius 1 is 1.18 bits per heavy atom. The molecule has 156 valence electrons. The Hall–Kier alpha value is -1.13. The van der Waals surface area contributed by atoms with Crippen LogP contribution in [0.2, 0.25) is 0 Å². The number of rotatable bonds is 7. The average molecular weight is 564 g/mol. The van der Waals surface area contributed by atoms with Gasteiger partial charge in [0.1, 0.15) is 5.60 Å². The van der Waals surface area contributed by atoms with Crippen LogP contribution in [-0.2, 0) is 18.1 Å². The minimum atomic E-state index is -1.04. The van der Waals surface area contributed by atoms with Gasteiger partial charge in [0.15, 0.2) is 5.96 Å². The van der Waals surface area contributed by atoms with E-state index in [0.717, 1.165) is 16.6 Å². The Labute approximate surface area is 193 Å². The fourth-order valence-corrected chi connectivity index (χ4v) is 2.93. The second-order valence-electron chi connectivity index (χ2n) is 7.62. The van der Waals surface area contributed by atoms with E-state index >= 15 is 0 Å². The van der Waals surface area contributed by atoms with Gasteiger partial charge in [-0.3, -0.25) is 9.67 Å². The third-order valence-electron chi connectivity index (χ3n) is 4.53. The first-order chi connectivity index (χ1) is 12.6. The van der Waals surface area contributed by atoms with E-state index in [0.29, 0.717) is 19.0 Å². The highest BCUT2D eigenvalue weighted by molar-refractivity contribution is 14.0. The van der Waals surface area contributed by atoms with Crippen LogP contribution >= 0.6 is 39.9 Å². The summed E-state index contributed by atoms with van der Waals surface area (Å²) < 4.78 is 2.75. The quantitative estimate of drug-likeness (QED) is 0.274. The Morgan fingerprint density at radius 2 is 1.82 bits per heavy atom. The van der Waals surface area contributed by atoms with E-state index in [4.69, 9.17) is 4.99 Å². The standard InChI is InChI=1S/C20H30BrN5O.HI/c1-6-22-18(24-14-20(4,27)16-11-25-26(5)12-16)23-13-19(2,3)15-7-9-17(21)10-8-15;/h7-12,27H,6,13-14H2,1-5H3,(H2,22,23,24);1H. The van der Waals surface area contributed by atoms with Crippen LogP contribution in [0.25, 0.3) is 0 Å². The summed E-state index contributed by atoms with van der Waals surface area (Å²) in [6, 6.07) is 8.34. The van der Waals surface area contributed by atoms with Crippen molar-refractivity contribution in [2.24, 2.45) is 12.0 Å². The summed E-state index contributed by atoms with van der Waals surface area (Å²) in [5.74, 6) is 0.687. The highest BCUT2D eigenvalue weighted by Crippen LogP contribution is 2.25. The monoisotopic (exact) mass is 563 g/mol. The zero-order valence-corrected chi connectivity index (χ0v) is 21.1. The highest BCUT2D eigenvalue weighted by atomic mass is 127. The number of nitrogens with one attached hydrogen (secondary N) is 2. The molecule has 2 rings (SSSR count). The third kappa shape index (κ3) is 7.04. The van der Waals surface area contributed by atoms with E-state index in [2.05, 4.69) is 69.8 Å². The number of aryl methyl sites for hydroxylation is 1. The maximum Gasteiger partial charge on any atom is 0.191 e. The Morgan fingerprint density at radius 3 is 2.36 bits per heavy atom. The molecule has 2 aromatic rings. The fourth-order valence-electron chi connectivity index (χ4n) is 2.67. The molecule has 0 aliphatic carbocycles. The SMILES string of the molecule is CCNC(=NCC(C)(C)c1ccc(Br)cc1)NCC(C)(O)c1cnn(C)c1.I. The summed E-state index contributed by atoms with van der Waals surface area (Å²) in [6.07, 6.45) is 3.50. The number of aromatic nitrogens is 2. The summed E-state index contributed by atoms with van der Waals surface area (Å²) in [6.45, 7) is 9.86. The zero-order chi connectivity index (χ0) is 20.1. The Bertz CT molecular complexity index is 771. The van der Waals surface area contributed by atoms with Crippen molar-refractivity contribution in [2.45, 2.75) is 38.7 Å². The number of guanidine groups is 1. The second-order valence-corrected chi connectivity index (χ2v) is 8.53. The molecule has 0 aliphatic heterocycles. The molecule has 0 radical (unpaired) electrons. The molecule has 0 fully saturated rings. The Balaban J connectivity index is 0.00000392. The van der Waals surface area contributed by atoms with Crippen LogP contribution in [-0.4, -0.2) is 40.5 Å². The number of hydrogen-bond donors (Lipinski definition) is 3. The molecule has 1 unspecified atom stereocenters. The summed E-state index contributed by atoms with van der Waals surface area (Å²) in [5.41, 5.74) is 0.858. The van der Waals surface area contributed by atoms with Crippen LogP contribution in [0.5, 0.6) is 0 Å². The van der Waals surface area contributed by atoms with E-state index in [1.807, 2.05) is 20.2 Å². The number of hydrogen-bond acceptors (Lipinski definition) is 3.